The highest BCUT2D eigenvalue weighted by atomic mass is 19.2. The Labute approximate surface area is 378 Å². The third-order valence-electron chi connectivity index (χ3n) is 12.0. The van der Waals surface area contributed by atoms with Crippen molar-refractivity contribution in [3.8, 4) is 45.3 Å². The summed E-state index contributed by atoms with van der Waals surface area (Å²) in [6.07, 6.45) is 0. The van der Waals surface area contributed by atoms with E-state index < -0.39 is 83.3 Å². The minimum absolute atomic E-state index is 0.0192. The molecule has 0 aromatic heterocycles. The van der Waals surface area contributed by atoms with Crippen LogP contribution in [0.5, 0.6) is 23.0 Å². The molecule has 0 fully saturated rings. The third kappa shape index (κ3) is 6.64. The zero-order chi connectivity index (χ0) is 47.1. The Hall–Kier alpha value is -8.13. The Balaban J connectivity index is 1.32. The quantitative estimate of drug-likeness (QED) is 0.0749. The summed E-state index contributed by atoms with van der Waals surface area (Å²) in [4.78, 5) is 0. The van der Waals surface area contributed by atoms with Crippen molar-refractivity contribution in [3.63, 3.8) is 0 Å². The molecule has 1 aliphatic rings. The van der Waals surface area contributed by atoms with Crippen LogP contribution in [0.1, 0.15) is 0 Å². The molecule has 0 spiro atoms. The average Bonchev–Trinajstić information content (AvgIpc) is 3.36. The Morgan fingerprint density at radius 2 is 0.441 bits per heavy atom. The van der Waals surface area contributed by atoms with Gasteiger partial charge in [-0.05, 0) is 67.4 Å². The second kappa shape index (κ2) is 16.3. The van der Waals surface area contributed by atoms with Gasteiger partial charge >= 0.3 is 14.2 Å². The fourth-order valence-electron chi connectivity index (χ4n) is 8.83. The van der Waals surface area contributed by atoms with Gasteiger partial charge in [0.25, 0.3) is 0 Å². The van der Waals surface area contributed by atoms with Crippen molar-refractivity contribution in [1.29, 1.82) is 0 Å². The fourth-order valence-corrected chi connectivity index (χ4v) is 8.83. The lowest BCUT2D eigenvalue weighted by Gasteiger charge is -2.27. The summed E-state index contributed by atoms with van der Waals surface area (Å²) >= 11 is 0. The van der Waals surface area contributed by atoms with E-state index in [1.807, 2.05) is 0 Å². The Morgan fingerprint density at radius 1 is 0.235 bits per heavy atom. The summed E-state index contributed by atoms with van der Waals surface area (Å²) in [6.45, 7) is 0. The first kappa shape index (κ1) is 42.5. The topological polar surface area (TPSA) is 36.9 Å². The van der Waals surface area contributed by atoms with E-state index in [9.17, 15) is 8.78 Å². The smallest absolute Gasteiger partial charge is 0.521 e. The molecule has 1 aliphatic heterocycles. The van der Waals surface area contributed by atoms with Gasteiger partial charge in [0.15, 0.2) is 58.2 Å². The second-order valence-corrected chi connectivity index (χ2v) is 15.7. The van der Waals surface area contributed by atoms with Gasteiger partial charge in [-0.2, -0.15) is 0 Å². The molecule has 16 heteroatoms. The second-order valence-electron chi connectivity index (χ2n) is 15.7. The Kier molecular flexibility index (Phi) is 10.2. The van der Waals surface area contributed by atoms with Crippen LogP contribution in [0.2, 0.25) is 0 Å². The average molecular weight is 924 g/mol. The minimum atomic E-state index is -2.48. The maximum atomic E-state index is 16.3. The predicted octanol–water partition coefficient (Wildman–Crippen LogP) is 13.0. The van der Waals surface area contributed by atoms with Crippen LogP contribution in [0.3, 0.4) is 0 Å². The summed E-state index contributed by atoms with van der Waals surface area (Å²) in [5.74, 6) is -24.2. The van der Waals surface area contributed by atoms with Crippen LogP contribution in [0.25, 0.3) is 65.3 Å². The number of hydrogen-bond donors (Lipinski definition) is 0. The lowest BCUT2D eigenvalue weighted by Crippen LogP contribution is -2.48. The molecule has 10 aromatic carbocycles. The summed E-state index contributed by atoms with van der Waals surface area (Å²) in [7, 11) is -4.97. The Morgan fingerprint density at radius 3 is 0.676 bits per heavy atom. The number of rotatable bonds is 2. The molecule has 0 saturated carbocycles. The number of hydrogen-bond acceptors (Lipinski definition) is 4. The van der Waals surface area contributed by atoms with E-state index in [0.29, 0.717) is 43.1 Å². The van der Waals surface area contributed by atoms with Crippen molar-refractivity contribution in [3.05, 3.63) is 204 Å². The summed E-state index contributed by atoms with van der Waals surface area (Å²) in [6, 6.07) is 38.0. The first-order valence-corrected chi connectivity index (χ1v) is 20.7. The van der Waals surface area contributed by atoms with Crippen LogP contribution >= 0.6 is 0 Å². The monoisotopic (exact) mass is 924 g/mol. The molecule has 0 radical (unpaired) electrons. The van der Waals surface area contributed by atoms with Crippen LogP contribution in [-0.2, 0) is 0 Å². The predicted molar refractivity (Wildman–Crippen MR) is 240 cm³/mol. The van der Waals surface area contributed by atoms with E-state index in [2.05, 4.69) is 0 Å². The van der Waals surface area contributed by atoms with Gasteiger partial charge in [-0.15, -0.1) is 0 Å². The van der Waals surface area contributed by atoms with Gasteiger partial charge in [0.1, 0.15) is 23.0 Å². The summed E-state index contributed by atoms with van der Waals surface area (Å²) in [5, 5.41) is 3.33. The van der Waals surface area contributed by atoms with Gasteiger partial charge in [0.2, 0.25) is 0 Å². The van der Waals surface area contributed by atoms with Crippen LogP contribution in [0.15, 0.2) is 146 Å². The van der Waals surface area contributed by atoms with Gasteiger partial charge in [-0.25, -0.2) is 43.9 Å². The molecule has 4 nitrogen and oxygen atoms in total. The van der Waals surface area contributed by atoms with Crippen LogP contribution < -0.4 is 29.5 Å². The number of benzene rings is 10. The van der Waals surface area contributed by atoms with Crippen LogP contribution in [-0.4, -0.2) is 14.2 Å². The molecule has 68 heavy (non-hydrogen) atoms. The van der Waals surface area contributed by atoms with E-state index in [1.54, 1.807) is 121 Å². The molecule has 332 valence electrons. The lowest BCUT2D eigenvalue weighted by atomic mass is 9.75. The molecular formula is C52H24B2F10O4. The molecule has 0 atom stereocenters. The van der Waals surface area contributed by atoms with Gasteiger partial charge in [-0.1, -0.05) is 121 Å². The maximum Gasteiger partial charge on any atom is 0.639 e. The van der Waals surface area contributed by atoms with E-state index in [-0.39, 0.29) is 45.3 Å². The standard InChI is InChI=1S/C52H24B2F10O4/c55-43-41(44(56)48(60)51(63)47(43)59)53-65-33-21-17-25-9-1-5-13-29(25)37(33)38-30-14-6-2-10-26(30)18-22-34(38)66-54(42-45(57)49(61)52(64)50(62)46(42)58)68-36-24-20-28-12-4-8-16-32(28)40(36)39-31-15-7-3-11-27(31)19-23-35(39)67-53/h1-24H. The molecule has 0 N–H and O–H groups in total. The molecule has 1 heterocycles. The van der Waals surface area contributed by atoms with E-state index in [4.69, 9.17) is 18.6 Å². The van der Waals surface area contributed by atoms with Crippen LogP contribution in [0, 0.1) is 58.2 Å². The van der Waals surface area contributed by atoms with E-state index in [0.717, 1.165) is 0 Å². The molecule has 0 bridgehead atoms. The number of fused-ring (bicyclic) bond motifs is 14. The largest absolute Gasteiger partial charge is 0.639 e. The van der Waals surface area contributed by atoms with Gasteiger partial charge in [0, 0.05) is 22.3 Å². The van der Waals surface area contributed by atoms with Crippen molar-refractivity contribution in [2.45, 2.75) is 0 Å². The minimum Gasteiger partial charge on any atom is -0.521 e. The zero-order valence-corrected chi connectivity index (χ0v) is 34.4. The Bertz CT molecular complexity index is 3280. The first-order valence-electron chi connectivity index (χ1n) is 20.7. The van der Waals surface area contributed by atoms with E-state index >= 15 is 35.1 Å². The maximum absolute atomic E-state index is 16.3. The first-order chi connectivity index (χ1) is 32.9. The highest BCUT2D eigenvalue weighted by molar-refractivity contribution is 6.64. The van der Waals surface area contributed by atoms with Crippen molar-refractivity contribution >= 4 is 68.3 Å². The number of halogens is 10. The SMILES string of the molecule is Fc1c(F)c(F)c(B2Oc3ccc4ccccc4c3-c3c(ccc4ccccc34)OB(c3c(F)c(F)c(F)c(F)c3F)Oc3ccc4ccccc4c3-c3c(ccc4ccccc34)O2)c(F)c1F. The molecule has 11 rings (SSSR count). The highest BCUT2D eigenvalue weighted by Crippen LogP contribution is 2.49. The molecule has 0 amide bonds. The van der Waals surface area contributed by atoms with Crippen molar-refractivity contribution < 1.29 is 62.5 Å². The van der Waals surface area contributed by atoms with Gasteiger partial charge < -0.3 is 18.6 Å². The van der Waals surface area contributed by atoms with E-state index in [1.165, 1.54) is 24.3 Å². The van der Waals surface area contributed by atoms with Gasteiger partial charge in [0.05, 0.1) is 10.9 Å². The van der Waals surface area contributed by atoms with Crippen molar-refractivity contribution in [2.24, 2.45) is 0 Å². The summed E-state index contributed by atoms with van der Waals surface area (Å²) in [5.41, 5.74) is -2.92. The highest BCUT2D eigenvalue weighted by Gasteiger charge is 2.43. The lowest BCUT2D eigenvalue weighted by molar-refractivity contribution is 0.375. The summed E-state index contributed by atoms with van der Waals surface area (Å²) < 4.78 is 182. The molecule has 10 aromatic rings. The molecule has 0 saturated heterocycles. The zero-order valence-electron chi connectivity index (χ0n) is 34.4. The molecule has 0 unspecified atom stereocenters. The molecule has 0 aliphatic carbocycles. The van der Waals surface area contributed by atoms with Crippen molar-refractivity contribution in [2.75, 3.05) is 0 Å². The molecular weight excluding hydrogens is 900 g/mol. The van der Waals surface area contributed by atoms with Crippen molar-refractivity contribution in [1.82, 2.24) is 0 Å². The third-order valence-corrected chi connectivity index (χ3v) is 12.0. The van der Waals surface area contributed by atoms with Gasteiger partial charge in [-0.3, -0.25) is 0 Å². The normalized spacial score (nSPS) is 12.7. The fraction of sp³-hybridized carbons (Fsp3) is 0. The van der Waals surface area contributed by atoms with Crippen LogP contribution in [0.4, 0.5) is 43.9 Å².